The van der Waals surface area contributed by atoms with Gasteiger partial charge in [-0.2, -0.15) is 0 Å². The highest BCUT2D eigenvalue weighted by atomic mass is 35.5. The van der Waals surface area contributed by atoms with E-state index in [1.54, 1.807) is 32.0 Å². The topological polar surface area (TPSA) is 58.6 Å². The van der Waals surface area contributed by atoms with Gasteiger partial charge >= 0.3 is 0 Å². The van der Waals surface area contributed by atoms with Crippen LogP contribution < -0.4 is 10.1 Å². The van der Waals surface area contributed by atoms with Crippen LogP contribution in [0.4, 0.5) is 0 Å². The first-order chi connectivity index (χ1) is 8.43. The van der Waals surface area contributed by atoms with Crippen molar-refractivity contribution in [2.45, 2.75) is 26.0 Å². The molecule has 0 spiro atoms. The van der Waals surface area contributed by atoms with E-state index in [0.717, 1.165) is 0 Å². The minimum absolute atomic E-state index is 0.125. The number of aliphatic hydroxyl groups is 1. The maximum absolute atomic E-state index is 11.7. The maximum Gasteiger partial charge on any atom is 0.261 e. The number of rotatable bonds is 5. The van der Waals surface area contributed by atoms with E-state index in [2.05, 4.69) is 5.32 Å². The fourth-order valence-corrected chi connectivity index (χ4v) is 1.67. The molecule has 4 nitrogen and oxygen atoms in total. The summed E-state index contributed by atoms with van der Waals surface area (Å²) in [7, 11) is 0. The van der Waals surface area contributed by atoms with Crippen molar-refractivity contribution in [3.63, 3.8) is 0 Å². The molecule has 0 aliphatic carbocycles. The highest BCUT2D eigenvalue weighted by Crippen LogP contribution is 2.28. The molecule has 1 aromatic rings. The Bertz CT molecular complexity index is 426. The van der Waals surface area contributed by atoms with E-state index in [-0.39, 0.29) is 18.6 Å². The lowest BCUT2D eigenvalue weighted by Gasteiger charge is -2.18. The molecule has 0 radical (unpaired) electrons. The van der Waals surface area contributed by atoms with Crippen LogP contribution in [0, 0.1) is 0 Å². The Morgan fingerprint density at radius 1 is 1.44 bits per heavy atom. The first kappa shape index (κ1) is 15.1. The molecule has 0 saturated heterocycles. The molecule has 0 heterocycles. The zero-order valence-electron chi connectivity index (χ0n) is 10.1. The summed E-state index contributed by atoms with van der Waals surface area (Å²) < 4.78 is 5.42. The summed E-state index contributed by atoms with van der Waals surface area (Å²) in [6.07, 6.45) is -0.710. The smallest absolute Gasteiger partial charge is 0.261 e. The van der Waals surface area contributed by atoms with Crippen molar-refractivity contribution in [3.05, 3.63) is 28.2 Å². The summed E-state index contributed by atoms with van der Waals surface area (Å²) in [6, 6.07) is 4.46. The normalized spacial score (nSPS) is 13.8. The van der Waals surface area contributed by atoms with Crippen molar-refractivity contribution >= 4 is 29.1 Å². The van der Waals surface area contributed by atoms with E-state index in [4.69, 9.17) is 33.0 Å². The van der Waals surface area contributed by atoms with Gasteiger partial charge in [0.1, 0.15) is 5.75 Å². The van der Waals surface area contributed by atoms with E-state index < -0.39 is 6.10 Å². The number of ether oxygens (including phenoxy) is 1. The van der Waals surface area contributed by atoms with Gasteiger partial charge in [-0.25, -0.2) is 0 Å². The Balaban J connectivity index is 2.63. The third kappa shape index (κ3) is 4.37. The van der Waals surface area contributed by atoms with Crippen LogP contribution in [0.3, 0.4) is 0 Å². The van der Waals surface area contributed by atoms with Gasteiger partial charge in [0.2, 0.25) is 0 Å². The fourth-order valence-electron chi connectivity index (χ4n) is 1.22. The second kappa shape index (κ2) is 6.83. The molecule has 100 valence electrons. The average Bonchev–Trinajstić information content (AvgIpc) is 2.32. The highest BCUT2D eigenvalue weighted by Gasteiger charge is 2.17. The third-order valence-corrected chi connectivity index (χ3v) is 2.76. The zero-order chi connectivity index (χ0) is 13.7. The largest absolute Gasteiger partial charge is 0.479 e. The van der Waals surface area contributed by atoms with Gasteiger partial charge in [0, 0.05) is 11.1 Å². The standard InChI is InChI=1S/C12H15Cl2NO3/c1-7(6-16)15-12(17)8(2)18-11-4-3-9(13)5-10(11)14/h3-5,7-8,16H,6H2,1-2H3,(H,15,17). The minimum Gasteiger partial charge on any atom is -0.479 e. The number of halogens is 2. The molecule has 0 aliphatic rings. The lowest BCUT2D eigenvalue weighted by atomic mass is 10.3. The predicted octanol–water partition coefficient (Wildman–Crippen LogP) is 2.26. The molecule has 2 atom stereocenters. The van der Waals surface area contributed by atoms with E-state index in [0.29, 0.717) is 15.8 Å². The predicted molar refractivity (Wildman–Crippen MR) is 71.2 cm³/mol. The fraction of sp³-hybridized carbons (Fsp3) is 0.417. The molecule has 0 saturated carbocycles. The van der Waals surface area contributed by atoms with Gasteiger partial charge in [-0.15, -0.1) is 0 Å². The summed E-state index contributed by atoms with van der Waals surface area (Å²) in [4.78, 5) is 11.7. The molecule has 0 bridgehead atoms. The van der Waals surface area contributed by atoms with Crippen LogP contribution in [0.2, 0.25) is 10.0 Å². The summed E-state index contributed by atoms with van der Waals surface area (Å²) in [5.74, 6) is 0.0722. The Kier molecular flexibility index (Phi) is 5.72. The summed E-state index contributed by atoms with van der Waals surface area (Å²) >= 11 is 11.7. The molecular formula is C12H15Cl2NO3. The number of amides is 1. The number of aliphatic hydroxyl groups excluding tert-OH is 1. The lowest BCUT2D eigenvalue weighted by Crippen LogP contribution is -2.42. The lowest BCUT2D eigenvalue weighted by molar-refractivity contribution is -0.128. The number of carbonyl (C=O) groups is 1. The molecule has 2 N–H and O–H groups in total. The van der Waals surface area contributed by atoms with Gasteiger partial charge in [0.15, 0.2) is 6.10 Å². The number of carbonyl (C=O) groups excluding carboxylic acids is 1. The van der Waals surface area contributed by atoms with Crippen LogP contribution >= 0.6 is 23.2 Å². The van der Waals surface area contributed by atoms with Gasteiger partial charge in [-0.05, 0) is 32.0 Å². The average molecular weight is 292 g/mol. The number of hydrogen-bond donors (Lipinski definition) is 2. The molecule has 0 aromatic heterocycles. The first-order valence-corrected chi connectivity index (χ1v) is 6.22. The molecule has 18 heavy (non-hydrogen) atoms. The Morgan fingerprint density at radius 2 is 2.11 bits per heavy atom. The van der Waals surface area contributed by atoms with Crippen molar-refractivity contribution in [2.75, 3.05) is 6.61 Å². The second-order valence-electron chi connectivity index (χ2n) is 3.93. The zero-order valence-corrected chi connectivity index (χ0v) is 11.6. The summed E-state index contributed by atoms with van der Waals surface area (Å²) in [5, 5.41) is 12.3. The minimum atomic E-state index is -0.710. The van der Waals surface area contributed by atoms with Gasteiger partial charge in [0.05, 0.1) is 11.6 Å². The van der Waals surface area contributed by atoms with Crippen LogP contribution in [0.25, 0.3) is 0 Å². The van der Waals surface area contributed by atoms with Gasteiger partial charge < -0.3 is 15.2 Å². The second-order valence-corrected chi connectivity index (χ2v) is 4.77. The van der Waals surface area contributed by atoms with Crippen molar-refractivity contribution in [2.24, 2.45) is 0 Å². The molecule has 0 fully saturated rings. The van der Waals surface area contributed by atoms with Crippen molar-refractivity contribution in [1.29, 1.82) is 0 Å². The molecule has 1 aromatic carbocycles. The van der Waals surface area contributed by atoms with Gasteiger partial charge in [-0.1, -0.05) is 23.2 Å². The summed E-state index contributed by atoms with van der Waals surface area (Å²) in [5.41, 5.74) is 0. The third-order valence-electron chi connectivity index (χ3n) is 2.23. The highest BCUT2D eigenvalue weighted by molar-refractivity contribution is 6.35. The monoisotopic (exact) mass is 291 g/mol. The van der Waals surface area contributed by atoms with E-state index in [1.807, 2.05) is 0 Å². The first-order valence-electron chi connectivity index (χ1n) is 5.47. The van der Waals surface area contributed by atoms with Crippen molar-refractivity contribution in [1.82, 2.24) is 5.32 Å². The summed E-state index contributed by atoms with van der Waals surface area (Å²) in [6.45, 7) is 3.17. The Morgan fingerprint density at radius 3 is 2.67 bits per heavy atom. The Hall–Kier alpha value is -0.970. The van der Waals surface area contributed by atoms with E-state index >= 15 is 0 Å². The number of nitrogens with one attached hydrogen (secondary N) is 1. The molecule has 1 rings (SSSR count). The van der Waals surface area contributed by atoms with E-state index in [1.165, 1.54) is 0 Å². The SMILES string of the molecule is CC(CO)NC(=O)C(C)Oc1ccc(Cl)cc1Cl. The van der Waals surface area contributed by atoms with Crippen molar-refractivity contribution < 1.29 is 14.6 Å². The van der Waals surface area contributed by atoms with Crippen LogP contribution in [-0.4, -0.2) is 29.8 Å². The number of benzene rings is 1. The quantitative estimate of drug-likeness (QED) is 0.875. The maximum atomic E-state index is 11.7. The molecule has 0 aliphatic heterocycles. The van der Waals surface area contributed by atoms with Crippen LogP contribution in [0.1, 0.15) is 13.8 Å². The van der Waals surface area contributed by atoms with Crippen molar-refractivity contribution in [3.8, 4) is 5.75 Å². The molecular weight excluding hydrogens is 277 g/mol. The number of hydrogen-bond acceptors (Lipinski definition) is 3. The Labute approximate surface area is 116 Å². The van der Waals surface area contributed by atoms with Gasteiger partial charge in [-0.3, -0.25) is 4.79 Å². The van der Waals surface area contributed by atoms with Gasteiger partial charge in [0.25, 0.3) is 5.91 Å². The molecule has 2 unspecified atom stereocenters. The molecule has 1 amide bonds. The molecule has 6 heteroatoms. The van der Waals surface area contributed by atoms with Crippen LogP contribution in [-0.2, 0) is 4.79 Å². The van der Waals surface area contributed by atoms with Crippen LogP contribution in [0.15, 0.2) is 18.2 Å². The van der Waals surface area contributed by atoms with Crippen LogP contribution in [0.5, 0.6) is 5.75 Å². The van der Waals surface area contributed by atoms with E-state index in [9.17, 15) is 4.79 Å².